The third kappa shape index (κ3) is 6.11. The van der Waals surface area contributed by atoms with E-state index in [0.717, 1.165) is 29.7 Å². The lowest BCUT2D eigenvalue weighted by atomic mass is 9.94. The van der Waals surface area contributed by atoms with Gasteiger partial charge in [-0.15, -0.1) is 12.4 Å². The summed E-state index contributed by atoms with van der Waals surface area (Å²) in [6.07, 6.45) is 2.30. The SMILES string of the molecule is COc1ccc(CCC[N+]2(C)CC(N)[C@H](c3ccc(C)cc3)C2)cc1.Cl.[Cl-]. The van der Waals surface area contributed by atoms with Crippen molar-refractivity contribution in [3.05, 3.63) is 65.2 Å². The first-order valence-corrected chi connectivity index (χ1v) is 9.28. The second-order valence-electron chi connectivity index (χ2n) is 7.84. The molecule has 1 aliphatic rings. The van der Waals surface area contributed by atoms with Crippen molar-refractivity contribution in [3.63, 3.8) is 0 Å². The summed E-state index contributed by atoms with van der Waals surface area (Å²) < 4.78 is 6.31. The van der Waals surface area contributed by atoms with Crippen molar-refractivity contribution < 1.29 is 21.6 Å². The molecule has 2 N–H and O–H groups in total. The van der Waals surface area contributed by atoms with Crippen molar-refractivity contribution in [1.29, 1.82) is 0 Å². The molecular weight excluding hydrogens is 379 g/mol. The van der Waals surface area contributed by atoms with Crippen molar-refractivity contribution in [2.24, 2.45) is 5.73 Å². The molecule has 2 aromatic carbocycles. The molecule has 3 nitrogen and oxygen atoms in total. The van der Waals surface area contributed by atoms with E-state index in [9.17, 15) is 0 Å². The van der Waals surface area contributed by atoms with Gasteiger partial charge in [0.25, 0.3) is 0 Å². The summed E-state index contributed by atoms with van der Waals surface area (Å²) >= 11 is 0. The van der Waals surface area contributed by atoms with Crippen LogP contribution >= 0.6 is 12.4 Å². The zero-order valence-corrected chi connectivity index (χ0v) is 18.1. The first-order valence-electron chi connectivity index (χ1n) is 9.28. The van der Waals surface area contributed by atoms with Gasteiger partial charge in [-0.2, -0.15) is 0 Å². The number of nitrogens with two attached hydrogens (primary N) is 1. The highest BCUT2D eigenvalue weighted by atomic mass is 35.5. The summed E-state index contributed by atoms with van der Waals surface area (Å²) in [5.74, 6) is 1.40. The van der Waals surface area contributed by atoms with Crippen molar-refractivity contribution in [3.8, 4) is 5.75 Å². The lowest BCUT2D eigenvalue weighted by Gasteiger charge is -2.30. The van der Waals surface area contributed by atoms with E-state index in [2.05, 4.69) is 50.4 Å². The molecule has 1 aliphatic heterocycles. The van der Waals surface area contributed by atoms with Gasteiger partial charge in [-0.25, -0.2) is 0 Å². The fourth-order valence-electron chi connectivity index (χ4n) is 4.13. The number of benzene rings is 2. The summed E-state index contributed by atoms with van der Waals surface area (Å²) in [5.41, 5.74) is 10.6. The molecule has 2 aromatic rings. The Morgan fingerprint density at radius 3 is 2.26 bits per heavy atom. The molecule has 27 heavy (non-hydrogen) atoms. The van der Waals surface area contributed by atoms with Gasteiger partial charge in [0.1, 0.15) is 5.75 Å². The Balaban J connectivity index is 0.00000182. The molecule has 5 heteroatoms. The number of likely N-dealkylation sites (tertiary alicyclic amines) is 1. The molecule has 1 heterocycles. The van der Waals surface area contributed by atoms with Crippen LogP contribution in [0.2, 0.25) is 0 Å². The first kappa shape index (κ1) is 23.8. The number of ether oxygens (including phenoxy) is 1. The van der Waals surface area contributed by atoms with Gasteiger partial charge >= 0.3 is 0 Å². The van der Waals surface area contributed by atoms with Crippen LogP contribution in [0.5, 0.6) is 5.75 Å². The number of hydrogen-bond acceptors (Lipinski definition) is 2. The number of nitrogens with zero attached hydrogens (tertiary/aromatic N) is 1. The lowest BCUT2D eigenvalue weighted by molar-refractivity contribution is -0.898. The van der Waals surface area contributed by atoms with Gasteiger partial charge in [0, 0.05) is 6.42 Å². The quantitative estimate of drug-likeness (QED) is 0.718. The molecule has 1 saturated heterocycles. The zero-order chi connectivity index (χ0) is 17.9. The number of quaternary nitrogens is 1. The summed E-state index contributed by atoms with van der Waals surface area (Å²) in [4.78, 5) is 0. The van der Waals surface area contributed by atoms with Crippen LogP contribution in [-0.2, 0) is 6.42 Å². The van der Waals surface area contributed by atoms with E-state index < -0.39 is 0 Å². The third-order valence-corrected chi connectivity index (χ3v) is 5.63. The number of likely N-dealkylation sites (N-methyl/N-ethyl adjacent to an activating group) is 1. The van der Waals surface area contributed by atoms with E-state index in [-0.39, 0.29) is 30.9 Å². The Morgan fingerprint density at radius 1 is 1.04 bits per heavy atom. The highest BCUT2D eigenvalue weighted by Gasteiger charge is 2.40. The standard InChI is InChI=1S/C22H31N2O.2ClH/c1-17-6-10-19(11-7-17)21-15-24(2,16-22(21)23)14-4-5-18-8-12-20(25-3)13-9-18;;/h6-13,21-22H,4-5,14-16,23H2,1-3H3;2*1H/q+1;;/p-1/t21-,22?,24?;;/m0../s1. The Bertz CT molecular complexity index is 690. The van der Waals surface area contributed by atoms with Crippen molar-refractivity contribution in [1.82, 2.24) is 0 Å². The smallest absolute Gasteiger partial charge is 0.118 e. The highest BCUT2D eigenvalue weighted by molar-refractivity contribution is 5.85. The molecule has 3 rings (SSSR count). The first-order chi connectivity index (χ1) is 12.0. The van der Waals surface area contributed by atoms with Gasteiger partial charge < -0.3 is 27.4 Å². The van der Waals surface area contributed by atoms with E-state index >= 15 is 0 Å². The molecule has 0 aliphatic carbocycles. The maximum Gasteiger partial charge on any atom is 0.118 e. The summed E-state index contributed by atoms with van der Waals surface area (Å²) in [6.45, 7) is 5.54. The molecule has 0 radical (unpaired) electrons. The molecule has 0 saturated carbocycles. The van der Waals surface area contributed by atoms with Crippen LogP contribution in [0.25, 0.3) is 0 Å². The Labute approximate surface area is 176 Å². The average molecular weight is 411 g/mol. The van der Waals surface area contributed by atoms with E-state index in [0.29, 0.717) is 5.92 Å². The number of aryl methyl sites for hydroxylation is 2. The number of hydrogen-bond donors (Lipinski definition) is 1. The Kier molecular flexibility index (Phi) is 9.10. The van der Waals surface area contributed by atoms with Crippen LogP contribution in [0, 0.1) is 6.92 Å². The predicted molar refractivity (Wildman–Crippen MR) is 111 cm³/mol. The van der Waals surface area contributed by atoms with Crippen LogP contribution in [0.3, 0.4) is 0 Å². The Morgan fingerprint density at radius 2 is 1.67 bits per heavy atom. The topological polar surface area (TPSA) is 35.2 Å². The van der Waals surface area contributed by atoms with E-state index in [1.54, 1.807) is 7.11 Å². The fraction of sp³-hybridized carbons (Fsp3) is 0.455. The summed E-state index contributed by atoms with van der Waals surface area (Å²) in [7, 11) is 4.07. The molecule has 0 spiro atoms. The molecule has 150 valence electrons. The normalized spacial score (nSPS) is 24.0. The monoisotopic (exact) mass is 410 g/mol. The minimum Gasteiger partial charge on any atom is -1.00 e. The van der Waals surface area contributed by atoms with E-state index in [1.807, 2.05) is 12.1 Å². The van der Waals surface area contributed by atoms with Gasteiger partial charge in [-0.05, 0) is 36.6 Å². The minimum atomic E-state index is 0. The molecule has 3 atom stereocenters. The van der Waals surface area contributed by atoms with Crippen LogP contribution in [0.15, 0.2) is 48.5 Å². The largest absolute Gasteiger partial charge is 1.00 e. The number of rotatable bonds is 6. The molecular formula is C22H32Cl2N2O. The second kappa shape index (κ2) is 10.3. The predicted octanol–water partition coefficient (Wildman–Crippen LogP) is 0.933. The Hall–Kier alpha value is -1.26. The minimum absolute atomic E-state index is 0. The third-order valence-electron chi connectivity index (χ3n) is 5.63. The maximum absolute atomic E-state index is 6.51. The van der Waals surface area contributed by atoms with Gasteiger partial charge in [0.2, 0.25) is 0 Å². The fourth-order valence-corrected chi connectivity index (χ4v) is 4.13. The molecule has 0 amide bonds. The van der Waals surface area contributed by atoms with Gasteiger partial charge in [0.15, 0.2) is 0 Å². The van der Waals surface area contributed by atoms with Crippen molar-refractivity contribution in [2.75, 3.05) is 33.8 Å². The lowest BCUT2D eigenvalue weighted by Crippen LogP contribution is -3.00. The van der Waals surface area contributed by atoms with Crippen LogP contribution in [0.1, 0.15) is 29.0 Å². The van der Waals surface area contributed by atoms with Gasteiger partial charge in [0.05, 0.1) is 45.8 Å². The zero-order valence-electron chi connectivity index (χ0n) is 16.5. The van der Waals surface area contributed by atoms with E-state index in [1.165, 1.54) is 29.7 Å². The molecule has 2 unspecified atom stereocenters. The molecule has 1 fully saturated rings. The van der Waals surface area contributed by atoms with Crippen LogP contribution < -0.4 is 22.9 Å². The van der Waals surface area contributed by atoms with Gasteiger partial charge in [-0.1, -0.05) is 42.0 Å². The molecule has 0 aromatic heterocycles. The summed E-state index contributed by atoms with van der Waals surface area (Å²) in [5, 5.41) is 0. The van der Waals surface area contributed by atoms with Crippen molar-refractivity contribution >= 4 is 12.4 Å². The van der Waals surface area contributed by atoms with E-state index in [4.69, 9.17) is 10.5 Å². The second-order valence-corrected chi connectivity index (χ2v) is 7.84. The number of methoxy groups -OCH3 is 1. The summed E-state index contributed by atoms with van der Waals surface area (Å²) in [6, 6.07) is 17.6. The molecule has 0 bridgehead atoms. The number of halogens is 2. The van der Waals surface area contributed by atoms with Crippen molar-refractivity contribution in [2.45, 2.75) is 31.7 Å². The maximum atomic E-state index is 6.51. The highest BCUT2D eigenvalue weighted by Crippen LogP contribution is 2.31. The van der Waals surface area contributed by atoms with Crippen LogP contribution in [0.4, 0.5) is 0 Å². The van der Waals surface area contributed by atoms with Gasteiger partial charge in [-0.3, -0.25) is 0 Å². The average Bonchev–Trinajstić information content (AvgIpc) is 2.91. The van der Waals surface area contributed by atoms with Crippen LogP contribution in [-0.4, -0.2) is 44.3 Å².